The minimum absolute atomic E-state index is 0.0293. The van der Waals surface area contributed by atoms with E-state index in [4.69, 9.17) is 11.6 Å². The summed E-state index contributed by atoms with van der Waals surface area (Å²) in [5, 5.41) is 3.02. The lowest BCUT2D eigenvalue weighted by Crippen LogP contribution is -2.51. The fourth-order valence-corrected chi connectivity index (χ4v) is 5.61. The van der Waals surface area contributed by atoms with Crippen LogP contribution in [0.2, 0.25) is 5.02 Å². The standard InChI is InChI=1S/C28H32ClN3O4S/c1-4-17-30-28(34)22(3)31(19-23-12-10-11-21(2)18-23)27(33)20-32(26-16-9-8-15-25(26)29)37(35,36)24-13-6-5-7-14-24/h5-16,18,22H,4,17,19-20H2,1-3H3,(H,30,34)/t22-/m0/s1. The zero-order valence-corrected chi connectivity index (χ0v) is 22.8. The van der Waals surface area contributed by atoms with Crippen molar-refractivity contribution in [2.75, 3.05) is 17.4 Å². The molecule has 0 saturated carbocycles. The van der Waals surface area contributed by atoms with Crippen molar-refractivity contribution in [3.05, 3.63) is 95.0 Å². The summed E-state index contributed by atoms with van der Waals surface area (Å²) in [7, 11) is -4.14. The number of sulfonamides is 1. The fraction of sp³-hybridized carbons (Fsp3) is 0.286. The molecular weight excluding hydrogens is 510 g/mol. The van der Waals surface area contributed by atoms with Crippen LogP contribution < -0.4 is 9.62 Å². The van der Waals surface area contributed by atoms with E-state index in [1.165, 1.54) is 17.0 Å². The largest absolute Gasteiger partial charge is 0.354 e. The highest BCUT2D eigenvalue weighted by Crippen LogP contribution is 2.30. The van der Waals surface area contributed by atoms with Crippen LogP contribution in [0.5, 0.6) is 0 Å². The summed E-state index contributed by atoms with van der Waals surface area (Å²) in [5.41, 5.74) is 2.02. The van der Waals surface area contributed by atoms with Gasteiger partial charge in [-0.25, -0.2) is 8.42 Å². The number of hydrogen-bond donors (Lipinski definition) is 1. The van der Waals surface area contributed by atoms with E-state index in [9.17, 15) is 18.0 Å². The molecule has 0 unspecified atom stereocenters. The van der Waals surface area contributed by atoms with Crippen molar-refractivity contribution in [1.82, 2.24) is 10.2 Å². The van der Waals surface area contributed by atoms with Crippen molar-refractivity contribution in [1.29, 1.82) is 0 Å². The van der Waals surface area contributed by atoms with Crippen LogP contribution in [0.3, 0.4) is 0 Å². The van der Waals surface area contributed by atoms with E-state index in [0.717, 1.165) is 21.9 Å². The minimum atomic E-state index is -4.14. The van der Waals surface area contributed by atoms with Crippen molar-refractivity contribution in [3.8, 4) is 0 Å². The minimum Gasteiger partial charge on any atom is -0.354 e. The molecule has 3 rings (SSSR count). The summed E-state index contributed by atoms with van der Waals surface area (Å²) in [5.74, 6) is -0.835. The fourth-order valence-electron chi connectivity index (χ4n) is 3.87. The van der Waals surface area contributed by atoms with Gasteiger partial charge in [0.2, 0.25) is 11.8 Å². The van der Waals surface area contributed by atoms with Gasteiger partial charge in [-0.05, 0) is 50.1 Å². The van der Waals surface area contributed by atoms with Gasteiger partial charge in [-0.3, -0.25) is 13.9 Å². The summed E-state index contributed by atoms with van der Waals surface area (Å²) in [4.78, 5) is 28.1. The number of carbonyl (C=O) groups is 2. The third kappa shape index (κ3) is 7.11. The number of nitrogens with zero attached hydrogens (tertiary/aromatic N) is 2. The maximum absolute atomic E-state index is 13.8. The summed E-state index contributed by atoms with van der Waals surface area (Å²) in [6.07, 6.45) is 0.750. The van der Waals surface area contributed by atoms with Crippen molar-refractivity contribution in [2.24, 2.45) is 0 Å². The molecule has 0 radical (unpaired) electrons. The highest BCUT2D eigenvalue weighted by molar-refractivity contribution is 7.92. The van der Waals surface area contributed by atoms with Gasteiger partial charge in [-0.1, -0.05) is 78.7 Å². The number of anilines is 1. The first-order valence-electron chi connectivity index (χ1n) is 12.1. The van der Waals surface area contributed by atoms with Gasteiger partial charge in [0.25, 0.3) is 10.0 Å². The van der Waals surface area contributed by atoms with Gasteiger partial charge < -0.3 is 10.2 Å². The highest BCUT2D eigenvalue weighted by Gasteiger charge is 2.33. The quantitative estimate of drug-likeness (QED) is 0.378. The summed E-state index contributed by atoms with van der Waals surface area (Å²) < 4.78 is 28.4. The third-order valence-corrected chi connectivity index (χ3v) is 7.98. The molecule has 1 N–H and O–H groups in total. The first-order chi connectivity index (χ1) is 17.6. The van der Waals surface area contributed by atoms with Crippen molar-refractivity contribution in [3.63, 3.8) is 0 Å². The molecule has 0 aliphatic rings. The average molecular weight is 542 g/mol. The average Bonchev–Trinajstić information content (AvgIpc) is 2.89. The topological polar surface area (TPSA) is 86.8 Å². The Balaban J connectivity index is 2.02. The van der Waals surface area contributed by atoms with E-state index in [1.54, 1.807) is 49.4 Å². The predicted octanol–water partition coefficient (Wildman–Crippen LogP) is 4.79. The molecule has 3 aromatic carbocycles. The molecule has 1 atom stereocenters. The lowest BCUT2D eigenvalue weighted by Gasteiger charge is -2.32. The summed E-state index contributed by atoms with van der Waals surface area (Å²) >= 11 is 6.40. The van der Waals surface area contributed by atoms with E-state index in [2.05, 4.69) is 5.32 Å². The molecule has 0 aliphatic carbocycles. The molecule has 0 bridgehead atoms. The Morgan fingerprint density at radius 2 is 1.65 bits per heavy atom. The molecule has 7 nitrogen and oxygen atoms in total. The molecule has 0 aromatic heterocycles. The lowest BCUT2D eigenvalue weighted by atomic mass is 10.1. The normalized spacial score (nSPS) is 12.0. The van der Waals surface area contributed by atoms with Crippen LogP contribution in [-0.4, -0.2) is 44.3 Å². The zero-order chi connectivity index (χ0) is 27.0. The molecule has 9 heteroatoms. The molecule has 37 heavy (non-hydrogen) atoms. The van der Waals surface area contributed by atoms with Crippen molar-refractivity contribution >= 4 is 39.1 Å². The number of amides is 2. The number of benzene rings is 3. The van der Waals surface area contributed by atoms with Crippen molar-refractivity contribution in [2.45, 2.75) is 44.7 Å². The van der Waals surface area contributed by atoms with Gasteiger partial charge in [0.05, 0.1) is 15.6 Å². The smallest absolute Gasteiger partial charge is 0.264 e. The summed E-state index contributed by atoms with van der Waals surface area (Å²) in [6, 6.07) is 21.1. The van der Waals surface area contributed by atoms with Gasteiger partial charge in [-0.15, -0.1) is 0 Å². The molecule has 0 fully saturated rings. The molecular formula is C28H32ClN3O4S. The maximum Gasteiger partial charge on any atom is 0.264 e. The van der Waals surface area contributed by atoms with E-state index >= 15 is 0 Å². The highest BCUT2D eigenvalue weighted by atomic mass is 35.5. The van der Waals surface area contributed by atoms with Crippen LogP contribution in [-0.2, 0) is 26.2 Å². The number of para-hydroxylation sites is 1. The molecule has 0 aliphatic heterocycles. The Labute approximate surface area is 224 Å². The van der Waals surface area contributed by atoms with Crippen LogP contribution in [0.4, 0.5) is 5.69 Å². The lowest BCUT2D eigenvalue weighted by molar-refractivity contribution is -0.139. The SMILES string of the molecule is CCCNC(=O)[C@H](C)N(Cc1cccc(C)c1)C(=O)CN(c1ccccc1Cl)S(=O)(=O)c1ccccc1. The van der Waals surface area contributed by atoms with Crippen LogP contribution in [0.25, 0.3) is 0 Å². The molecule has 0 heterocycles. The maximum atomic E-state index is 13.8. The van der Waals surface area contributed by atoms with Gasteiger partial charge in [-0.2, -0.15) is 0 Å². The second kappa shape index (κ2) is 12.7. The Morgan fingerprint density at radius 1 is 0.973 bits per heavy atom. The van der Waals surface area contributed by atoms with E-state index in [1.807, 2.05) is 38.1 Å². The second-order valence-electron chi connectivity index (χ2n) is 8.75. The molecule has 0 saturated heterocycles. The van der Waals surface area contributed by atoms with Crippen LogP contribution in [0.15, 0.2) is 83.8 Å². The summed E-state index contributed by atoms with van der Waals surface area (Å²) in [6.45, 7) is 5.62. The van der Waals surface area contributed by atoms with Crippen LogP contribution in [0, 0.1) is 6.92 Å². The van der Waals surface area contributed by atoms with Gasteiger partial charge >= 0.3 is 0 Å². The second-order valence-corrected chi connectivity index (χ2v) is 11.0. The van der Waals surface area contributed by atoms with E-state index in [0.29, 0.717) is 6.54 Å². The Hall–Kier alpha value is -3.36. The molecule has 0 spiro atoms. The molecule has 196 valence electrons. The Bertz CT molecular complexity index is 1330. The Morgan fingerprint density at radius 3 is 2.30 bits per heavy atom. The van der Waals surface area contributed by atoms with Crippen LogP contribution >= 0.6 is 11.6 Å². The van der Waals surface area contributed by atoms with Gasteiger partial charge in [0.15, 0.2) is 0 Å². The van der Waals surface area contributed by atoms with E-state index in [-0.39, 0.29) is 28.1 Å². The zero-order valence-electron chi connectivity index (χ0n) is 21.2. The first-order valence-corrected chi connectivity index (χ1v) is 13.9. The number of carbonyl (C=O) groups excluding carboxylic acids is 2. The molecule has 2 amide bonds. The van der Waals surface area contributed by atoms with E-state index < -0.39 is 28.5 Å². The first kappa shape index (κ1) is 28.2. The Kier molecular flexibility index (Phi) is 9.72. The monoisotopic (exact) mass is 541 g/mol. The number of hydrogen-bond acceptors (Lipinski definition) is 4. The number of aryl methyl sites for hydroxylation is 1. The number of halogens is 1. The van der Waals surface area contributed by atoms with Gasteiger partial charge in [0, 0.05) is 13.1 Å². The van der Waals surface area contributed by atoms with Crippen LogP contribution in [0.1, 0.15) is 31.4 Å². The van der Waals surface area contributed by atoms with Crippen molar-refractivity contribution < 1.29 is 18.0 Å². The third-order valence-electron chi connectivity index (χ3n) is 5.88. The molecule has 3 aromatic rings. The van der Waals surface area contributed by atoms with Gasteiger partial charge in [0.1, 0.15) is 12.6 Å². The predicted molar refractivity (Wildman–Crippen MR) is 147 cm³/mol. The number of rotatable bonds is 11. The number of nitrogens with one attached hydrogen (secondary N) is 1.